The SMILES string of the molecule is CC(=N)c1c(N)c2ncc(C)cc2[nH]c1=O. The average Bonchev–Trinajstić information content (AvgIpc) is 2.15. The van der Waals surface area contributed by atoms with Crippen molar-refractivity contribution in [2.75, 3.05) is 5.73 Å². The first kappa shape index (κ1) is 10.4. The number of hydrogen-bond donors (Lipinski definition) is 3. The number of nitrogens with zero attached hydrogens (tertiary/aromatic N) is 1. The van der Waals surface area contributed by atoms with Crippen LogP contribution in [0.3, 0.4) is 0 Å². The molecule has 5 nitrogen and oxygen atoms in total. The highest BCUT2D eigenvalue weighted by Crippen LogP contribution is 2.18. The summed E-state index contributed by atoms with van der Waals surface area (Å²) in [4.78, 5) is 18.6. The molecule has 0 unspecified atom stereocenters. The van der Waals surface area contributed by atoms with E-state index < -0.39 is 0 Å². The number of aromatic nitrogens is 2. The van der Waals surface area contributed by atoms with Crippen LogP contribution in [0.1, 0.15) is 18.1 Å². The van der Waals surface area contributed by atoms with E-state index in [2.05, 4.69) is 9.97 Å². The number of nitrogen functional groups attached to an aromatic ring is 1. The molecule has 2 heterocycles. The van der Waals surface area contributed by atoms with Crippen LogP contribution in [0.2, 0.25) is 0 Å². The predicted octanol–water partition coefficient (Wildman–Crippen LogP) is 1.20. The van der Waals surface area contributed by atoms with E-state index in [1.54, 1.807) is 6.20 Å². The fourth-order valence-corrected chi connectivity index (χ4v) is 1.68. The van der Waals surface area contributed by atoms with Gasteiger partial charge in [0.1, 0.15) is 5.52 Å². The van der Waals surface area contributed by atoms with E-state index in [0.29, 0.717) is 11.0 Å². The van der Waals surface area contributed by atoms with Crippen LogP contribution in [0.4, 0.5) is 5.69 Å². The Morgan fingerprint density at radius 1 is 1.56 bits per heavy atom. The normalized spacial score (nSPS) is 10.6. The third-order valence-electron chi connectivity index (χ3n) is 2.40. The molecule has 2 aromatic rings. The van der Waals surface area contributed by atoms with Gasteiger partial charge in [-0.05, 0) is 25.5 Å². The van der Waals surface area contributed by atoms with Crippen molar-refractivity contribution in [2.24, 2.45) is 0 Å². The number of hydrogen-bond acceptors (Lipinski definition) is 4. The van der Waals surface area contributed by atoms with Gasteiger partial charge >= 0.3 is 0 Å². The van der Waals surface area contributed by atoms with Crippen molar-refractivity contribution in [3.05, 3.63) is 33.7 Å². The van der Waals surface area contributed by atoms with Crippen LogP contribution in [0, 0.1) is 12.3 Å². The summed E-state index contributed by atoms with van der Waals surface area (Å²) in [7, 11) is 0. The molecule has 0 aliphatic carbocycles. The smallest absolute Gasteiger partial charge is 0.259 e. The van der Waals surface area contributed by atoms with E-state index >= 15 is 0 Å². The van der Waals surface area contributed by atoms with Crippen LogP contribution in [0.5, 0.6) is 0 Å². The van der Waals surface area contributed by atoms with Gasteiger partial charge in [0, 0.05) is 11.9 Å². The lowest BCUT2D eigenvalue weighted by molar-refractivity contribution is 1.23. The van der Waals surface area contributed by atoms with Crippen molar-refractivity contribution >= 4 is 22.4 Å². The lowest BCUT2D eigenvalue weighted by Crippen LogP contribution is -2.19. The van der Waals surface area contributed by atoms with Gasteiger partial charge in [-0.2, -0.15) is 0 Å². The van der Waals surface area contributed by atoms with Crippen molar-refractivity contribution in [2.45, 2.75) is 13.8 Å². The molecule has 4 N–H and O–H groups in total. The minimum atomic E-state index is -0.343. The first-order chi connectivity index (χ1) is 7.50. The zero-order valence-electron chi connectivity index (χ0n) is 9.09. The fraction of sp³-hybridized carbons (Fsp3) is 0.182. The van der Waals surface area contributed by atoms with Crippen LogP contribution >= 0.6 is 0 Å². The summed E-state index contributed by atoms with van der Waals surface area (Å²) in [5.74, 6) is 0. The Balaban J connectivity index is 2.94. The first-order valence-corrected chi connectivity index (χ1v) is 4.84. The van der Waals surface area contributed by atoms with Gasteiger partial charge in [0.25, 0.3) is 5.56 Å². The summed E-state index contributed by atoms with van der Waals surface area (Å²) in [5, 5.41) is 7.51. The van der Waals surface area contributed by atoms with Gasteiger partial charge in [0.05, 0.1) is 16.8 Å². The molecule has 0 saturated carbocycles. The highest BCUT2D eigenvalue weighted by molar-refractivity contribution is 6.06. The molecule has 0 aliphatic rings. The molecular weight excluding hydrogens is 204 g/mol. The molecule has 0 fully saturated rings. The zero-order valence-corrected chi connectivity index (χ0v) is 9.09. The molecular formula is C11H12N4O. The molecule has 2 aromatic heterocycles. The van der Waals surface area contributed by atoms with Crippen molar-refractivity contribution in [3.8, 4) is 0 Å². The van der Waals surface area contributed by atoms with Crippen LogP contribution in [-0.2, 0) is 0 Å². The number of H-pyrrole nitrogens is 1. The number of fused-ring (bicyclic) bond motifs is 1. The Morgan fingerprint density at radius 3 is 2.88 bits per heavy atom. The molecule has 0 bridgehead atoms. The van der Waals surface area contributed by atoms with Gasteiger partial charge in [0.2, 0.25) is 0 Å². The van der Waals surface area contributed by atoms with Crippen molar-refractivity contribution in [1.29, 1.82) is 5.41 Å². The number of nitrogens with one attached hydrogen (secondary N) is 2. The molecule has 0 atom stereocenters. The molecule has 5 heteroatoms. The van der Waals surface area contributed by atoms with Crippen LogP contribution in [0.15, 0.2) is 17.1 Å². The second-order valence-electron chi connectivity index (χ2n) is 3.78. The topological polar surface area (TPSA) is 95.6 Å². The maximum absolute atomic E-state index is 11.7. The number of nitrogens with two attached hydrogens (primary N) is 1. The molecule has 82 valence electrons. The van der Waals surface area contributed by atoms with Crippen molar-refractivity contribution < 1.29 is 0 Å². The Hall–Kier alpha value is -2.17. The average molecular weight is 216 g/mol. The Kier molecular flexibility index (Phi) is 2.23. The largest absolute Gasteiger partial charge is 0.396 e. The van der Waals surface area contributed by atoms with Gasteiger partial charge in [-0.3, -0.25) is 9.78 Å². The van der Waals surface area contributed by atoms with E-state index in [0.717, 1.165) is 5.56 Å². The van der Waals surface area contributed by atoms with Gasteiger partial charge in [-0.15, -0.1) is 0 Å². The van der Waals surface area contributed by atoms with Gasteiger partial charge < -0.3 is 16.1 Å². The molecule has 0 radical (unpaired) electrons. The monoisotopic (exact) mass is 216 g/mol. The highest BCUT2D eigenvalue weighted by atomic mass is 16.1. The molecule has 16 heavy (non-hydrogen) atoms. The number of aromatic amines is 1. The molecule has 0 amide bonds. The van der Waals surface area contributed by atoms with Crippen LogP contribution < -0.4 is 11.3 Å². The predicted molar refractivity (Wildman–Crippen MR) is 64.0 cm³/mol. The summed E-state index contributed by atoms with van der Waals surface area (Å²) in [6.07, 6.45) is 1.68. The Morgan fingerprint density at radius 2 is 2.25 bits per heavy atom. The number of anilines is 1. The lowest BCUT2D eigenvalue weighted by Gasteiger charge is -2.06. The number of aryl methyl sites for hydroxylation is 1. The fourth-order valence-electron chi connectivity index (χ4n) is 1.68. The molecule has 0 saturated heterocycles. The van der Waals surface area contributed by atoms with Gasteiger partial charge in [-0.1, -0.05) is 0 Å². The standard InChI is InChI=1S/C11H12N4O/c1-5-3-7-10(14-4-5)9(13)8(6(2)12)11(16)15-7/h3-4,12H,1-2H3,(H3,13,15,16). The third kappa shape index (κ3) is 1.46. The summed E-state index contributed by atoms with van der Waals surface area (Å²) >= 11 is 0. The van der Waals surface area contributed by atoms with E-state index in [1.165, 1.54) is 6.92 Å². The van der Waals surface area contributed by atoms with E-state index in [4.69, 9.17) is 11.1 Å². The van der Waals surface area contributed by atoms with Crippen molar-refractivity contribution in [3.63, 3.8) is 0 Å². The van der Waals surface area contributed by atoms with Crippen molar-refractivity contribution in [1.82, 2.24) is 9.97 Å². The summed E-state index contributed by atoms with van der Waals surface area (Å²) < 4.78 is 0. The van der Waals surface area contributed by atoms with E-state index in [1.807, 2.05) is 13.0 Å². The second kappa shape index (κ2) is 3.44. The summed E-state index contributed by atoms with van der Waals surface area (Å²) in [6.45, 7) is 3.41. The zero-order chi connectivity index (χ0) is 11.9. The Bertz CT molecular complexity index is 642. The van der Waals surface area contributed by atoms with E-state index in [9.17, 15) is 4.79 Å². The molecule has 2 rings (SSSR count). The molecule has 0 aliphatic heterocycles. The summed E-state index contributed by atoms with van der Waals surface area (Å²) in [5.41, 5.74) is 8.20. The first-order valence-electron chi connectivity index (χ1n) is 4.84. The maximum Gasteiger partial charge on any atom is 0.259 e. The quantitative estimate of drug-likeness (QED) is 0.625. The summed E-state index contributed by atoms with van der Waals surface area (Å²) in [6, 6.07) is 1.81. The third-order valence-corrected chi connectivity index (χ3v) is 2.40. The molecule has 0 spiro atoms. The Labute approximate surface area is 91.8 Å². The van der Waals surface area contributed by atoms with Crippen LogP contribution in [0.25, 0.3) is 11.0 Å². The maximum atomic E-state index is 11.7. The van der Waals surface area contributed by atoms with E-state index in [-0.39, 0.29) is 22.5 Å². The lowest BCUT2D eigenvalue weighted by atomic mass is 10.1. The van der Waals surface area contributed by atoms with Gasteiger partial charge in [0.15, 0.2) is 0 Å². The minimum absolute atomic E-state index is 0.142. The minimum Gasteiger partial charge on any atom is -0.396 e. The highest BCUT2D eigenvalue weighted by Gasteiger charge is 2.12. The second-order valence-corrected chi connectivity index (χ2v) is 3.78. The van der Waals surface area contributed by atoms with Gasteiger partial charge in [-0.25, -0.2) is 0 Å². The van der Waals surface area contributed by atoms with Crippen LogP contribution in [-0.4, -0.2) is 15.7 Å². The number of pyridine rings is 2. The molecule has 0 aromatic carbocycles. The number of rotatable bonds is 1.